The molecule has 2 heterocycles. The maximum atomic E-state index is 2.45. The second-order valence-electron chi connectivity index (χ2n) is 9.93. The summed E-state index contributed by atoms with van der Waals surface area (Å²) in [6.45, 7) is 0. The van der Waals surface area contributed by atoms with E-state index in [1.165, 1.54) is 70.0 Å². The van der Waals surface area contributed by atoms with Gasteiger partial charge in [0.05, 0.1) is 0 Å². The van der Waals surface area contributed by atoms with Gasteiger partial charge < -0.3 is 4.57 Å². The second kappa shape index (κ2) is 7.84. The summed E-state index contributed by atoms with van der Waals surface area (Å²) in [5.41, 5.74) is 5.11. The van der Waals surface area contributed by atoms with Crippen LogP contribution in [0.4, 0.5) is 0 Å². The first kappa shape index (κ1) is 20.8. The van der Waals surface area contributed by atoms with Crippen molar-refractivity contribution < 1.29 is 0 Å². The summed E-state index contributed by atoms with van der Waals surface area (Å²) in [5, 5.41) is 12.3. The zero-order valence-electron chi connectivity index (χ0n) is 20.5. The van der Waals surface area contributed by atoms with Gasteiger partial charge >= 0.3 is 0 Å². The van der Waals surface area contributed by atoms with Gasteiger partial charge in [0.1, 0.15) is 0 Å². The molecule has 1 unspecified atom stereocenters. The van der Waals surface area contributed by atoms with Crippen LogP contribution in [0.2, 0.25) is 0 Å². The van der Waals surface area contributed by atoms with Crippen LogP contribution >= 0.6 is 7.53 Å². The van der Waals surface area contributed by atoms with Crippen molar-refractivity contribution in [2.24, 2.45) is 7.05 Å². The molecule has 37 heavy (non-hydrogen) atoms. The average Bonchev–Trinajstić information content (AvgIpc) is 3.43. The fourth-order valence-corrected chi connectivity index (χ4v) is 8.74. The van der Waals surface area contributed by atoms with Crippen molar-refractivity contribution in [3.05, 3.63) is 127 Å². The largest absolute Gasteiger partial charge is 0.344 e. The maximum Gasteiger partial charge on any atom is 0.0495 e. The Hall–Kier alpha value is -4.32. The Morgan fingerprint density at radius 3 is 1.97 bits per heavy atom. The highest BCUT2D eigenvalue weighted by Gasteiger charge is 2.15. The van der Waals surface area contributed by atoms with E-state index < -0.39 is 7.53 Å². The number of aryl methyl sites for hydroxylation is 1. The van der Waals surface area contributed by atoms with Gasteiger partial charge in [-0.05, 0) is 68.3 Å². The van der Waals surface area contributed by atoms with Crippen LogP contribution in [-0.4, -0.2) is 4.57 Å². The topological polar surface area (TPSA) is 4.93 Å². The van der Waals surface area contributed by atoms with E-state index in [2.05, 4.69) is 139 Å². The second-order valence-corrected chi connectivity index (χ2v) is 12.1. The van der Waals surface area contributed by atoms with Crippen LogP contribution in [0.1, 0.15) is 0 Å². The fourth-order valence-electron chi connectivity index (χ4n) is 6.08. The number of fused-ring (bicyclic) bond motifs is 7. The first-order chi connectivity index (χ1) is 18.3. The van der Waals surface area contributed by atoms with Gasteiger partial charge in [0.25, 0.3) is 0 Å². The fraction of sp³-hybridized carbons (Fsp3) is 0.0286. The lowest BCUT2D eigenvalue weighted by atomic mass is 10.0. The molecule has 0 saturated heterocycles. The number of aromatic nitrogens is 1. The van der Waals surface area contributed by atoms with Gasteiger partial charge in [0.2, 0.25) is 0 Å². The summed E-state index contributed by atoms with van der Waals surface area (Å²) in [7, 11) is 1.62. The quantitative estimate of drug-likeness (QED) is 0.228. The molecule has 0 spiro atoms. The summed E-state index contributed by atoms with van der Waals surface area (Å²) in [5.74, 6) is 0. The smallest absolute Gasteiger partial charge is 0.0495 e. The molecule has 0 aliphatic rings. The van der Waals surface area contributed by atoms with Crippen molar-refractivity contribution >= 4 is 61.1 Å². The van der Waals surface area contributed by atoms with E-state index in [0.717, 1.165) is 0 Å². The standard InChI is InChI=1S/C35H24NP/c1-36-32-18-16-25(20-30(32)31-19-23-9-5-6-10-24(23)21-33(31)36)26-15-17-29-28-13-7-8-14-34(28)37(35(29)22-26)27-11-3-2-4-12-27/h2-22H,1H3. The lowest BCUT2D eigenvalue weighted by Gasteiger charge is -2.07. The Balaban J connectivity index is 1.39. The van der Waals surface area contributed by atoms with E-state index in [9.17, 15) is 0 Å². The Kier molecular flexibility index (Phi) is 4.41. The minimum atomic E-state index is -0.561. The monoisotopic (exact) mass is 489 g/mol. The average molecular weight is 490 g/mol. The molecular weight excluding hydrogens is 465 g/mol. The summed E-state index contributed by atoms with van der Waals surface area (Å²) in [6, 6.07) is 47.4. The molecule has 8 rings (SSSR count). The first-order valence-corrected chi connectivity index (χ1v) is 14.1. The van der Waals surface area contributed by atoms with Crippen molar-refractivity contribution in [3.63, 3.8) is 0 Å². The third-order valence-corrected chi connectivity index (χ3v) is 10.4. The van der Waals surface area contributed by atoms with Crippen molar-refractivity contribution in [1.82, 2.24) is 4.57 Å². The molecule has 0 bridgehead atoms. The summed E-state index contributed by atoms with van der Waals surface area (Å²) >= 11 is 0. The lowest BCUT2D eigenvalue weighted by Crippen LogP contribution is -1.86. The van der Waals surface area contributed by atoms with Crippen LogP contribution < -0.4 is 0 Å². The van der Waals surface area contributed by atoms with Crippen molar-refractivity contribution in [1.29, 1.82) is 0 Å². The molecule has 1 atom stereocenters. The number of nitrogens with zero attached hydrogens (tertiary/aromatic N) is 1. The summed E-state index contributed by atoms with van der Waals surface area (Å²) in [4.78, 5) is 0. The van der Waals surface area contributed by atoms with Gasteiger partial charge in [-0.25, -0.2) is 0 Å². The minimum Gasteiger partial charge on any atom is -0.344 e. The Morgan fingerprint density at radius 2 is 1.11 bits per heavy atom. The van der Waals surface area contributed by atoms with E-state index >= 15 is 0 Å². The molecule has 0 fully saturated rings. The van der Waals surface area contributed by atoms with Crippen LogP contribution in [0.5, 0.6) is 0 Å². The third kappa shape index (κ3) is 3.05. The highest BCUT2D eigenvalue weighted by Crippen LogP contribution is 2.55. The van der Waals surface area contributed by atoms with Gasteiger partial charge in [-0.15, -0.1) is 0 Å². The Morgan fingerprint density at radius 1 is 0.459 bits per heavy atom. The molecule has 2 aromatic heterocycles. The molecule has 2 heteroatoms. The van der Waals surface area contributed by atoms with Gasteiger partial charge in [-0.2, -0.15) is 0 Å². The summed E-state index contributed by atoms with van der Waals surface area (Å²) in [6.07, 6.45) is 0. The van der Waals surface area contributed by atoms with E-state index in [0.29, 0.717) is 0 Å². The molecule has 0 N–H and O–H groups in total. The van der Waals surface area contributed by atoms with Crippen LogP contribution in [0.3, 0.4) is 0 Å². The molecule has 6 aromatic carbocycles. The third-order valence-electron chi connectivity index (χ3n) is 7.89. The molecule has 0 aliphatic heterocycles. The zero-order chi connectivity index (χ0) is 24.5. The predicted molar refractivity (Wildman–Crippen MR) is 162 cm³/mol. The molecule has 8 aromatic rings. The normalized spacial score (nSPS) is 12.4. The Labute approximate surface area is 216 Å². The van der Waals surface area contributed by atoms with Crippen molar-refractivity contribution in [2.75, 3.05) is 0 Å². The molecular formula is C35H24NP. The Bertz CT molecular complexity index is 2140. The van der Waals surface area contributed by atoms with Crippen molar-refractivity contribution in [2.45, 2.75) is 0 Å². The summed E-state index contributed by atoms with van der Waals surface area (Å²) < 4.78 is 2.33. The van der Waals surface area contributed by atoms with Crippen LogP contribution in [0.15, 0.2) is 127 Å². The maximum absolute atomic E-state index is 2.45. The minimum absolute atomic E-state index is 0.561. The molecule has 0 saturated carbocycles. The van der Waals surface area contributed by atoms with Gasteiger partial charge in [0, 0.05) is 39.1 Å². The van der Waals surface area contributed by atoms with Crippen LogP contribution in [-0.2, 0) is 7.05 Å². The van der Waals surface area contributed by atoms with E-state index in [1.807, 2.05) is 0 Å². The molecule has 0 amide bonds. The zero-order valence-corrected chi connectivity index (χ0v) is 21.4. The number of hydrogen-bond donors (Lipinski definition) is 0. The molecule has 1 nitrogen and oxygen atoms in total. The van der Waals surface area contributed by atoms with Gasteiger partial charge in [-0.3, -0.25) is 0 Å². The van der Waals surface area contributed by atoms with Crippen LogP contribution in [0.25, 0.3) is 70.0 Å². The SMILES string of the molecule is Cn1c2ccc(-c3ccc4c5ccccc5p(-c5ccccc5)c4c3)cc2c2cc3ccccc3cc21. The number of hydrogen-bond acceptors (Lipinski definition) is 0. The van der Waals surface area contributed by atoms with Crippen molar-refractivity contribution in [3.8, 4) is 16.4 Å². The molecule has 174 valence electrons. The van der Waals surface area contributed by atoms with Gasteiger partial charge in [0.15, 0.2) is 0 Å². The van der Waals surface area contributed by atoms with E-state index in [-0.39, 0.29) is 0 Å². The van der Waals surface area contributed by atoms with E-state index in [4.69, 9.17) is 0 Å². The number of benzene rings is 6. The van der Waals surface area contributed by atoms with E-state index in [1.54, 1.807) is 0 Å². The highest BCUT2D eigenvalue weighted by molar-refractivity contribution is 7.67. The number of rotatable bonds is 2. The highest BCUT2D eigenvalue weighted by atomic mass is 31.1. The lowest BCUT2D eigenvalue weighted by molar-refractivity contribution is 1.02. The van der Waals surface area contributed by atoms with Crippen LogP contribution in [0, 0.1) is 0 Å². The first-order valence-electron chi connectivity index (χ1n) is 12.8. The molecule has 0 radical (unpaired) electrons. The predicted octanol–water partition coefficient (Wildman–Crippen LogP) is 10.4. The van der Waals surface area contributed by atoms with Gasteiger partial charge in [-0.1, -0.05) is 105 Å². The molecule has 0 aliphatic carbocycles.